The number of hydrogen-bond donors (Lipinski definition) is 1. The number of rotatable bonds is 5. The average Bonchev–Trinajstić information content (AvgIpc) is 3.18. The normalized spacial score (nSPS) is 12.2. The minimum Gasteiger partial charge on any atom is -0.496 e. The van der Waals surface area contributed by atoms with Crippen LogP contribution in [0.15, 0.2) is 39.5 Å². The van der Waals surface area contributed by atoms with Gasteiger partial charge in [0.05, 0.1) is 19.1 Å². The molecule has 1 aliphatic heterocycles. The maximum Gasteiger partial charge on any atom is 0.340 e. The summed E-state index contributed by atoms with van der Waals surface area (Å²) in [5, 5.41) is 3.63. The molecule has 0 aliphatic carbocycles. The van der Waals surface area contributed by atoms with Crippen LogP contribution in [0.1, 0.15) is 22.3 Å². The lowest BCUT2D eigenvalue weighted by Crippen LogP contribution is -2.27. The maximum atomic E-state index is 12.5. The van der Waals surface area contributed by atoms with Crippen molar-refractivity contribution in [1.29, 1.82) is 0 Å². The second-order valence-electron chi connectivity index (χ2n) is 6.90. The Morgan fingerprint density at radius 1 is 1.10 bits per heavy atom. The van der Waals surface area contributed by atoms with Gasteiger partial charge in [-0.05, 0) is 49.2 Å². The average molecular weight is 395 g/mol. The summed E-state index contributed by atoms with van der Waals surface area (Å²) in [6.07, 6.45) is -0.0558. The number of nitrogens with one attached hydrogen (secondary N) is 1. The molecule has 4 rings (SSSR count). The summed E-state index contributed by atoms with van der Waals surface area (Å²) >= 11 is 0. The molecule has 0 saturated carbocycles. The smallest absolute Gasteiger partial charge is 0.340 e. The van der Waals surface area contributed by atoms with Crippen LogP contribution in [-0.4, -0.2) is 19.8 Å². The van der Waals surface area contributed by atoms with Gasteiger partial charge in [-0.15, -0.1) is 0 Å². The number of amides is 1. The molecule has 2 heterocycles. The number of methoxy groups -OCH3 is 1. The van der Waals surface area contributed by atoms with Gasteiger partial charge >= 0.3 is 5.63 Å². The van der Waals surface area contributed by atoms with Crippen LogP contribution in [0.4, 0.5) is 0 Å². The largest absolute Gasteiger partial charge is 0.496 e. The third kappa shape index (κ3) is 3.51. The molecule has 0 fully saturated rings. The first-order chi connectivity index (χ1) is 14.0. The van der Waals surface area contributed by atoms with Crippen molar-refractivity contribution in [3.8, 4) is 17.2 Å². The highest BCUT2D eigenvalue weighted by atomic mass is 16.7. The lowest BCUT2D eigenvalue weighted by atomic mass is 10.0. The van der Waals surface area contributed by atoms with Crippen molar-refractivity contribution in [1.82, 2.24) is 5.32 Å². The number of carbonyl (C=O) groups excluding carboxylic acids is 1. The molecule has 0 radical (unpaired) electrons. The predicted octanol–water partition coefficient (Wildman–Crippen LogP) is 3.01. The molecule has 1 N–H and O–H groups in total. The molecule has 2 aromatic carbocycles. The van der Waals surface area contributed by atoms with E-state index in [1.54, 1.807) is 7.11 Å². The predicted molar refractivity (Wildman–Crippen MR) is 107 cm³/mol. The Kier molecular flexibility index (Phi) is 4.88. The van der Waals surface area contributed by atoms with E-state index in [1.165, 1.54) is 0 Å². The van der Waals surface area contributed by atoms with Crippen molar-refractivity contribution in [2.75, 3.05) is 13.9 Å². The van der Waals surface area contributed by atoms with Crippen molar-refractivity contribution in [2.24, 2.45) is 0 Å². The Labute approximate surface area is 167 Å². The van der Waals surface area contributed by atoms with Crippen molar-refractivity contribution < 1.29 is 23.4 Å². The summed E-state index contributed by atoms with van der Waals surface area (Å²) in [5.41, 5.74) is 2.70. The highest BCUT2D eigenvalue weighted by Crippen LogP contribution is 2.32. The number of fused-ring (bicyclic) bond motifs is 2. The summed E-state index contributed by atoms with van der Waals surface area (Å²) in [6, 6.07) is 9.16. The fraction of sp³-hybridized carbons (Fsp3) is 0.273. The summed E-state index contributed by atoms with van der Waals surface area (Å²) in [4.78, 5) is 25.0. The van der Waals surface area contributed by atoms with Gasteiger partial charge in [-0.25, -0.2) is 4.79 Å². The van der Waals surface area contributed by atoms with Crippen molar-refractivity contribution in [3.05, 3.63) is 63.0 Å². The van der Waals surface area contributed by atoms with Crippen LogP contribution in [0.5, 0.6) is 17.2 Å². The van der Waals surface area contributed by atoms with Crippen LogP contribution in [0, 0.1) is 13.8 Å². The van der Waals surface area contributed by atoms with Crippen LogP contribution >= 0.6 is 0 Å². The quantitative estimate of drug-likeness (QED) is 0.669. The minimum absolute atomic E-state index is 0.0558. The third-order valence-corrected chi connectivity index (χ3v) is 5.14. The van der Waals surface area contributed by atoms with E-state index in [4.69, 9.17) is 18.6 Å². The molecule has 3 aromatic rings. The molecule has 0 unspecified atom stereocenters. The van der Waals surface area contributed by atoms with Gasteiger partial charge in [0.15, 0.2) is 11.5 Å². The van der Waals surface area contributed by atoms with Gasteiger partial charge in [0.2, 0.25) is 12.7 Å². The number of benzene rings is 2. The zero-order chi connectivity index (χ0) is 20.5. The molecule has 0 bridgehead atoms. The van der Waals surface area contributed by atoms with Crippen molar-refractivity contribution in [3.63, 3.8) is 0 Å². The fourth-order valence-corrected chi connectivity index (χ4v) is 3.47. The van der Waals surface area contributed by atoms with E-state index in [9.17, 15) is 9.59 Å². The molecular formula is C22H21NO6. The van der Waals surface area contributed by atoms with Gasteiger partial charge < -0.3 is 23.9 Å². The number of carbonyl (C=O) groups is 1. The fourth-order valence-electron chi connectivity index (χ4n) is 3.47. The Balaban J connectivity index is 1.52. The summed E-state index contributed by atoms with van der Waals surface area (Å²) < 4.78 is 21.4. The molecule has 29 heavy (non-hydrogen) atoms. The molecule has 1 aromatic heterocycles. The van der Waals surface area contributed by atoms with Crippen LogP contribution < -0.4 is 25.2 Å². The Morgan fingerprint density at radius 2 is 1.90 bits per heavy atom. The first kappa shape index (κ1) is 18.9. The highest BCUT2D eigenvalue weighted by Gasteiger charge is 2.18. The first-order valence-electron chi connectivity index (χ1n) is 9.23. The molecule has 0 saturated heterocycles. The van der Waals surface area contributed by atoms with Gasteiger partial charge in [0.1, 0.15) is 11.3 Å². The number of hydrogen-bond acceptors (Lipinski definition) is 6. The Hall–Kier alpha value is -3.48. The highest BCUT2D eigenvalue weighted by molar-refractivity contribution is 5.87. The monoisotopic (exact) mass is 395 g/mol. The molecule has 7 nitrogen and oxygen atoms in total. The standard InChI is InChI=1S/C22H21NO6/c1-12-15-5-7-17(26-3)13(2)21(15)29-22(25)16(12)9-20(24)23-10-14-4-6-18-19(8-14)28-11-27-18/h4-8H,9-11H2,1-3H3,(H,23,24). The Bertz CT molecular complexity index is 1160. The SMILES string of the molecule is COc1ccc2c(C)c(CC(=O)NCc3ccc4c(c3)OCO4)c(=O)oc2c1C. The number of aryl methyl sites for hydroxylation is 2. The van der Waals surface area contributed by atoms with Crippen molar-refractivity contribution >= 4 is 16.9 Å². The molecular weight excluding hydrogens is 374 g/mol. The van der Waals surface area contributed by atoms with E-state index in [-0.39, 0.29) is 19.1 Å². The summed E-state index contributed by atoms with van der Waals surface area (Å²) in [7, 11) is 1.57. The molecule has 1 aliphatic rings. The van der Waals surface area contributed by atoms with E-state index in [1.807, 2.05) is 44.2 Å². The minimum atomic E-state index is -0.510. The summed E-state index contributed by atoms with van der Waals surface area (Å²) in [5.74, 6) is 1.74. The van der Waals surface area contributed by atoms with E-state index < -0.39 is 5.63 Å². The zero-order valence-corrected chi connectivity index (χ0v) is 16.5. The van der Waals surface area contributed by atoms with Gasteiger partial charge in [-0.1, -0.05) is 6.07 Å². The van der Waals surface area contributed by atoms with Crippen LogP contribution in [-0.2, 0) is 17.8 Å². The lowest BCUT2D eigenvalue weighted by molar-refractivity contribution is -0.120. The number of ether oxygens (including phenoxy) is 3. The van der Waals surface area contributed by atoms with E-state index in [2.05, 4.69) is 5.32 Å². The van der Waals surface area contributed by atoms with Crippen molar-refractivity contribution in [2.45, 2.75) is 26.8 Å². The molecule has 0 spiro atoms. The third-order valence-electron chi connectivity index (χ3n) is 5.14. The van der Waals surface area contributed by atoms with Gasteiger partial charge in [0, 0.05) is 17.5 Å². The first-order valence-corrected chi connectivity index (χ1v) is 9.23. The maximum absolute atomic E-state index is 12.5. The second kappa shape index (κ2) is 7.50. The van der Waals surface area contributed by atoms with Gasteiger partial charge in [-0.2, -0.15) is 0 Å². The van der Waals surface area contributed by atoms with E-state index >= 15 is 0 Å². The van der Waals surface area contributed by atoms with E-state index in [0.717, 1.165) is 22.1 Å². The molecule has 7 heteroatoms. The molecule has 0 atom stereocenters. The van der Waals surface area contributed by atoms with Gasteiger partial charge in [0.25, 0.3) is 0 Å². The lowest BCUT2D eigenvalue weighted by Gasteiger charge is -2.12. The van der Waals surface area contributed by atoms with Crippen LogP contribution in [0.25, 0.3) is 11.0 Å². The molecule has 1 amide bonds. The second-order valence-corrected chi connectivity index (χ2v) is 6.90. The molecule has 150 valence electrons. The topological polar surface area (TPSA) is 87.0 Å². The van der Waals surface area contributed by atoms with Crippen LogP contribution in [0.2, 0.25) is 0 Å². The zero-order valence-electron chi connectivity index (χ0n) is 16.5. The Morgan fingerprint density at radius 3 is 2.69 bits per heavy atom. The van der Waals surface area contributed by atoms with Gasteiger partial charge in [-0.3, -0.25) is 4.79 Å². The van der Waals surface area contributed by atoms with Crippen LogP contribution in [0.3, 0.4) is 0 Å². The van der Waals surface area contributed by atoms with E-state index in [0.29, 0.717) is 34.9 Å². The summed E-state index contributed by atoms with van der Waals surface area (Å²) in [6.45, 7) is 4.18.